The van der Waals surface area contributed by atoms with Crippen molar-refractivity contribution >= 4 is 18.0 Å². The van der Waals surface area contributed by atoms with Gasteiger partial charge < -0.3 is 19.7 Å². The Bertz CT molecular complexity index is 519. The van der Waals surface area contributed by atoms with Gasteiger partial charge in [0.1, 0.15) is 17.2 Å². The summed E-state index contributed by atoms with van der Waals surface area (Å²) in [6, 6.07) is -0.867. The molecule has 1 saturated heterocycles. The van der Waals surface area contributed by atoms with Crippen LogP contribution in [0.3, 0.4) is 0 Å². The van der Waals surface area contributed by atoms with Crippen molar-refractivity contribution in [3.05, 3.63) is 0 Å². The first-order chi connectivity index (χ1) is 11.8. The Morgan fingerprint density at radius 1 is 1.15 bits per heavy atom. The predicted octanol–water partition coefficient (Wildman–Crippen LogP) is 2.87. The second-order valence-electron chi connectivity index (χ2n) is 8.89. The lowest BCUT2D eigenvalue weighted by Crippen LogP contribution is -2.49. The SMILES string of the molecule is CC1CCCN(CCC(NC(=O)OC(C)(C)C)C(=O)OC(C)(C)C)C1=O. The molecule has 0 aromatic carbocycles. The van der Waals surface area contributed by atoms with E-state index >= 15 is 0 Å². The molecule has 1 aliphatic heterocycles. The van der Waals surface area contributed by atoms with Gasteiger partial charge in [0.05, 0.1) is 0 Å². The number of nitrogens with one attached hydrogen (secondary N) is 1. The fourth-order valence-electron chi connectivity index (χ4n) is 2.71. The number of esters is 1. The molecular formula is C19H34N2O5. The van der Waals surface area contributed by atoms with Gasteiger partial charge in [0, 0.05) is 19.0 Å². The van der Waals surface area contributed by atoms with Gasteiger partial charge in [0.2, 0.25) is 5.91 Å². The topological polar surface area (TPSA) is 84.9 Å². The number of ether oxygens (including phenoxy) is 2. The maximum absolute atomic E-state index is 12.5. The molecule has 1 fully saturated rings. The molecule has 0 saturated carbocycles. The van der Waals surface area contributed by atoms with Crippen molar-refractivity contribution in [2.45, 2.75) is 85.0 Å². The molecule has 1 rings (SSSR count). The normalized spacial score (nSPS) is 19.7. The molecule has 7 heteroatoms. The lowest BCUT2D eigenvalue weighted by molar-refractivity contribution is -0.158. The van der Waals surface area contributed by atoms with Gasteiger partial charge in [-0.1, -0.05) is 6.92 Å². The molecule has 26 heavy (non-hydrogen) atoms. The van der Waals surface area contributed by atoms with E-state index < -0.39 is 29.3 Å². The number of nitrogens with zero attached hydrogens (tertiary/aromatic N) is 1. The van der Waals surface area contributed by atoms with E-state index in [2.05, 4.69) is 5.32 Å². The molecule has 0 bridgehead atoms. The fraction of sp³-hybridized carbons (Fsp3) is 0.842. The highest BCUT2D eigenvalue weighted by atomic mass is 16.6. The van der Waals surface area contributed by atoms with Crippen molar-refractivity contribution < 1.29 is 23.9 Å². The molecule has 2 amide bonds. The molecule has 2 unspecified atom stereocenters. The molecule has 7 nitrogen and oxygen atoms in total. The number of rotatable bonds is 5. The first-order valence-corrected chi connectivity index (χ1v) is 9.29. The Morgan fingerprint density at radius 2 is 1.73 bits per heavy atom. The Hall–Kier alpha value is -1.79. The fourth-order valence-corrected chi connectivity index (χ4v) is 2.71. The minimum Gasteiger partial charge on any atom is -0.458 e. The van der Waals surface area contributed by atoms with Gasteiger partial charge in [-0.05, 0) is 60.8 Å². The quantitative estimate of drug-likeness (QED) is 0.752. The summed E-state index contributed by atoms with van der Waals surface area (Å²) in [5.41, 5.74) is -1.33. The first kappa shape index (κ1) is 22.3. The lowest BCUT2D eigenvalue weighted by atomic mass is 9.99. The van der Waals surface area contributed by atoms with Crippen LogP contribution in [-0.2, 0) is 19.1 Å². The van der Waals surface area contributed by atoms with Crippen molar-refractivity contribution in [2.24, 2.45) is 5.92 Å². The molecule has 0 radical (unpaired) electrons. The summed E-state index contributed by atoms with van der Waals surface area (Å²) in [5, 5.41) is 2.59. The maximum Gasteiger partial charge on any atom is 0.408 e. The average Bonchev–Trinajstić information content (AvgIpc) is 2.43. The van der Waals surface area contributed by atoms with E-state index in [0.717, 1.165) is 12.8 Å². The van der Waals surface area contributed by atoms with Crippen LogP contribution in [0.5, 0.6) is 0 Å². The lowest BCUT2D eigenvalue weighted by Gasteiger charge is -2.32. The van der Waals surface area contributed by atoms with E-state index in [4.69, 9.17) is 9.47 Å². The minimum absolute atomic E-state index is 0.00235. The number of carbonyl (C=O) groups excluding carboxylic acids is 3. The van der Waals surface area contributed by atoms with Crippen LogP contribution >= 0.6 is 0 Å². The smallest absolute Gasteiger partial charge is 0.408 e. The van der Waals surface area contributed by atoms with Gasteiger partial charge in [0.25, 0.3) is 0 Å². The van der Waals surface area contributed by atoms with Crippen LogP contribution in [-0.4, -0.2) is 53.2 Å². The van der Waals surface area contributed by atoms with E-state index in [1.807, 2.05) is 6.92 Å². The van der Waals surface area contributed by atoms with Gasteiger partial charge in [0.15, 0.2) is 0 Å². The zero-order valence-electron chi connectivity index (χ0n) is 17.2. The summed E-state index contributed by atoms with van der Waals surface area (Å²) >= 11 is 0. The number of amides is 2. The number of hydrogen-bond donors (Lipinski definition) is 1. The Labute approximate surface area is 156 Å². The van der Waals surface area contributed by atoms with Crippen molar-refractivity contribution in [1.82, 2.24) is 10.2 Å². The number of piperidine rings is 1. The standard InChI is InChI=1S/C19H34N2O5/c1-13-9-8-11-21(15(13)22)12-10-14(16(23)25-18(2,3)4)20-17(24)26-19(5,6)7/h13-14H,8-12H2,1-7H3,(H,20,24). The Kier molecular flexibility index (Phi) is 7.47. The number of likely N-dealkylation sites (tertiary alicyclic amines) is 1. The highest BCUT2D eigenvalue weighted by Gasteiger charge is 2.31. The molecule has 1 N–H and O–H groups in total. The van der Waals surface area contributed by atoms with Crippen molar-refractivity contribution in [3.8, 4) is 0 Å². The second kappa shape index (κ2) is 8.73. The largest absolute Gasteiger partial charge is 0.458 e. The highest BCUT2D eigenvalue weighted by molar-refractivity contribution is 5.82. The van der Waals surface area contributed by atoms with Crippen molar-refractivity contribution in [1.29, 1.82) is 0 Å². The summed E-state index contributed by atoms with van der Waals surface area (Å²) in [7, 11) is 0. The van der Waals surface area contributed by atoms with Crippen LogP contribution in [0.15, 0.2) is 0 Å². The molecule has 150 valence electrons. The van der Waals surface area contributed by atoms with Gasteiger partial charge in [-0.2, -0.15) is 0 Å². The van der Waals surface area contributed by atoms with Crippen molar-refractivity contribution in [3.63, 3.8) is 0 Å². The maximum atomic E-state index is 12.5. The molecule has 0 aromatic rings. The predicted molar refractivity (Wildman–Crippen MR) is 98.6 cm³/mol. The van der Waals surface area contributed by atoms with Crippen molar-refractivity contribution in [2.75, 3.05) is 13.1 Å². The first-order valence-electron chi connectivity index (χ1n) is 9.29. The number of carbonyl (C=O) groups is 3. The van der Waals surface area contributed by atoms with E-state index in [1.54, 1.807) is 46.4 Å². The Balaban J connectivity index is 2.75. The van der Waals surface area contributed by atoms with Crippen LogP contribution in [0.1, 0.15) is 67.7 Å². The van der Waals surface area contributed by atoms with E-state index in [9.17, 15) is 14.4 Å². The highest BCUT2D eigenvalue weighted by Crippen LogP contribution is 2.18. The van der Waals surface area contributed by atoms with E-state index in [0.29, 0.717) is 13.1 Å². The monoisotopic (exact) mass is 370 g/mol. The second-order valence-corrected chi connectivity index (χ2v) is 8.89. The molecule has 0 aromatic heterocycles. The number of alkyl carbamates (subject to hydrolysis) is 1. The molecule has 1 aliphatic rings. The van der Waals surface area contributed by atoms with E-state index in [-0.39, 0.29) is 18.2 Å². The van der Waals surface area contributed by atoms with Crippen LogP contribution < -0.4 is 5.32 Å². The summed E-state index contributed by atoms with van der Waals surface area (Å²) < 4.78 is 10.6. The van der Waals surface area contributed by atoms with Crippen LogP contribution in [0.4, 0.5) is 4.79 Å². The zero-order chi connectivity index (χ0) is 20.1. The molecule has 0 aliphatic carbocycles. The molecular weight excluding hydrogens is 336 g/mol. The zero-order valence-corrected chi connectivity index (χ0v) is 17.2. The third kappa shape index (κ3) is 8.06. The summed E-state index contributed by atoms with van der Waals surface area (Å²) in [6.45, 7) is 13.6. The Morgan fingerprint density at radius 3 is 2.27 bits per heavy atom. The summed E-state index contributed by atoms with van der Waals surface area (Å²) in [5.74, 6) is -0.431. The molecule has 1 heterocycles. The van der Waals surface area contributed by atoms with E-state index in [1.165, 1.54) is 0 Å². The summed E-state index contributed by atoms with van der Waals surface area (Å²) in [4.78, 5) is 38.6. The van der Waals surface area contributed by atoms with Gasteiger partial charge >= 0.3 is 12.1 Å². The average molecular weight is 370 g/mol. The van der Waals surface area contributed by atoms with Gasteiger partial charge in [-0.3, -0.25) is 4.79 Å². The third-order valence-electron chi connectivity index (χ3n) is 3.87. The molecule has 0 spiro atoms. The van der Waals surface area contributed by atoms with Crippen LogP contribution in [0, 0.1) is 5.92 Å². The number of hydrogen-bond acceptors (Lipinski definition) is 5. The molecule has 2 atom stereocenters. The minimum atomic E-state index is -0.867. The van der Waals surface area contributed by atoms with Gasteiger partial charge in [-0.15, -0.1) is 0 Å². The summed E-state index contributed by atoms with van der Waals surface area (Å²) in [6.07, 6.45) is 1.45. The van der Waals surface area contributed by atoms with Crippen LogP contribution in [0.2, 0.25) is 0 Å². The third-order valence-corrected chi connectivity index (χ3v) is 3.87. The van der Waals surface area contributed by atoms with Gasteiger partial charge in [-0.25, -0.2) is 9.59 Å². The van der Waals surface area contributed by atoms with Crippen LogP contribution in [0.25, 0.3) is 0 Å².